The molecule has 0 aliphatic heterocycles. The number of fused-ring (bicyclic) bond motifs is 1. The monoisotopic (exact) mass is 459 g/mol. The number of carbonyl (C=O) groups is 3. The minimum atomic E-state index is -0.504. The van der Waals surface area contributed by atoms with Crippen LogP contribution >= 0.6 is 0 Å². The SMILES string of the molecule is O=Cc1ccc(-c2ccc(C(=O)CNC(=O)CCn3c4c(c(=O)[nH]c3=O)CCCC4)cc2)cc1. The standard InChI is InChI=1S/C26H25N3O5/c30-16-17-5-7-18(8-6-17)19-9-11-20(12-10-19)23(31)15-27-24(32)13-14-29-22-4-2-1-3-21(22)25(33)28-26(29)34/h5-12,16H,1-4,13-15H2,(H,27,32)(H,28,33,34). The van der Waals surface area contributed by atoms with Crippen molar-refractivity contribution in [1.29, 1.82) is 0 Å². The number of benzene rings is 2. The smallest absolute Gasteiger partial charge is 0.328 e. The Balaban J connectivity index is 1.33. The molecule has 4 rings (SSSR count). The van der Waals surface area contributed by atoms with Gasteiger partial charge in [-0.05, 0) is 36.8 Å². The van der Waals surface area contributed by atoms with Crippen LogP contribution in [0.3, 0.4) is 0 Å². The molecule has 34 heavy (non-hydrogen) atoms. The van der Waals surface area contributed by atoms with Gasteiger partial charge in [0, 0.05) is 35.3 Å². The van der Waals surface area contributed by atoms with E-state index in [1.807, 2.05) is 24.3 Å². The van der Waals surface area contributed by atoms with Crippen molar-refractivity contribution in [3.63, 3.8) is 0 Å². The highest BCUT2D eigenvalue weighted by atomic mass is 16.2. The van der Waals surface area contributed by atoms with Crippen LogP contribution in [0.5, 0.6) is 0 Å². The fourth-order valence-electron chi connectivity index (χ4n) is 4.22. The highest BCUT2D eigenvalue weighted by molar-refractivity contribution is 5.99. The van der Waals surface area contributed by atoms with E-state index >= 15 is 0 Å². The first-order valence-electron chi connectivity index (χ1n) is 11.3. The summed E-state index contributed by atoms with van der Waals surface area (Å²) in [5.74, 6) is -0.572. The molecule has 0 fully saturated rings. The molecule has 0 spiro atoms. The minimum Gasteiger partial charge on any atom is -0.349 e. The lowest BCUT2D eigenvalue weighted by Gasteiger charge is -2.19. The van der Waals surface area contributed by atoms with Crippen molar-refractivity contribution in [2.24, 2.45) is 0 Å². The zero-order valence-corrected chi connectivity index (χ0v) is 18.6. The molecular weight excluding hydrogens is 434 g/mol. The van der Waals surface area contributed by atoms with Crippen LogP contribution < -0.4 is 16.6 Å². The molecule has 0 saturated heterocycles. The maximum absolute atomic E-state index is 12.5. The first-order valence-corrected chi connectivity index (χ1v) is 11.3. The van der Waals surface area contributed by atoms with Crippen molar-refractivity contribution >= 4 is 18.0 Å². The number of carbonyl (C=O) groups excluding carboxylic acids is 3. The molecule has 174 valence electrons. The molecule has 0 bridgehead atoms. The van der Waals surface area contributed by atoms with Crippen LogP contribution in [0.2, 0.25) is 0 Å². The molecule has 0 unspecified atom stereocenters. The number of amides is 1. The van der Waals surface area contributed by atoms with Gasteiger partial charge in [-0.25, -0.2) is 4.79 Å². The van der Waals surface area contributed by atoms with Gasteiger partial charge < -0.3 is 5.32 Å². The summed E-state index contributed by atoms with van der Waals surface area (Å²) in [5.41, 5.74) is 3.40. The molecule has 1 aromatic heterocycles. The summed E-state index contributed by atoms with van der Waals surface area (Å²) >= 11 is 0. The van der Waals surface area contributed by atoms with Crippen LogP contribution in [0.4, 0.5) is 0 Å². The lowest BCUT2D eigenvalue weighted by molar-refractivity contribution is -0.121. The molecule has 8 nitrogen and oxygen atoms in total. The Morgan fingerprint density at radius 1 is 0.941 bits per heavy atom. The van der Waals surface area contributed by atoms with Gasteiger partial charge in [-0.2, -0.15) is 0 Å². The molecule has 2 N–H and O–H groups in total. The quantitative estimate of drug-likeness (QED) is 0.396. The zero-order valence-electron chi connectivity index (χ0n) is 18.6. The molecule has 8 heteroatoms. The Hall–Kier alpha value is -4.07. The van der Waals surface area contributed by atoms with Gasteiger partial charge in [-0.3, -0.25) is 28.7 Å². The number of hydrogen-bond donors (Lipinski definition) is 2. The van der Waals surface area contributed by atoms with Gasteiger partial charge in [-0.1, -0.05) is 48.5 Å². The summed E-state index contributed by atoms with van der Waals surface area (Å²) in [4.78, 5) is 62.2. The predicted octanol–water partition coefficient (Wildman–Crippen LogP) is 2.28. The van der Waals surface area contributed by atoms with Gasteiger partial charge >= 0.3 is 5.69 Å². The van der Waals surface area contributed by atoms with E-state index in [2.05, 4.69) is 10.3 Å². The topological polar surface area (TPSA) is 118 Å². The summed E-state index contributed by atoms with van der Waals surface area (Å²) in [6.07, 6.45) is 3.90. The molecule has 3 aromatic rings. The Labute approximate surface area is 195 Å². The molecule has 0 radical (unpaired) electrons. The number of aromatic amines is 1. The summed E-state index contributed by atoms with van der Waals surface area (Å²) in [7, 11) is 0. The van der Waals surface area contributed by atoms with Crippen LogP contribution in [-0.2, 0) is 24.2 Å². The molecule has 0 saturated carbocycles. The number of aldehydes is 1. The molecule has 1 amide bonds. The minimum absolute atomic E-state index is 0.0292. The van der Waals surface area contributed by atoms with Crippen LogP contribution in [-0.4, -0.2) is 34.1 Å². The Morgan fingerprint density at radius 3 is 2.26 bits per heavy atom. The number of Topliss-reactive ketones (excluding diaryl/α,β-unsaturated/α-hetero) is 1. The summed E-state index contributed by atoms with van der Waals surface area (Å²) in [6, 6.07) is 14.2. The Kier molecular flexibility index (Phi) is 6.96. The van der Waals surface area contributed by atoms with Crippen LogP contribution in [0.15, 0.2) is 58.1 Å². The van der Waals surface area contributed by atoms with Gasteiger partial charge in [0.1, 0.15) is 6.29 Å². The summed E-state index contributed by atoms with van der Waals surface area (Å²) in [5, 5.41) is 2.61. The number of nitrogens with zero attached hydrogens (tertiary/aromatic N) is 1. The predicted molar refractivity (Wildman–Crippen MR) is 127 cm³/mol. The fraction of sp³-hybridized carbons (Fsp3) is 0.269. The number of ketones is 1. The molecular formula is C26H25N3O5. The lowest BCUT2D eigenvalue weighted by Crippen LogP contribution is -2.38. The van der Waals surface area contributed by atoms with Gasteiger partial charge in [0.25, 0.3) is 5.56 Å². The highest BCUT2D eigenvalue weighted by Gasteiger charge is 2.19. The number of rotatable bonds is 8. The van der Waals surface area contributed by atoms with Crippen molar-refractivity contribution in [3.05, 3.63) is 91.8 Å². The van der Waals surface area contributed by atoms with E-state index in [9.17, 15) is 24.0 Å². The summed E-state index contributed by atoms with van der Waals surface area (Å²) in [6.45, 7) is 0.000398. The number of nitrogens with one attached hydrogen (secondary N) is 2. The average Bonchev–Trinajstić information content (AvgIpc) is 2.87. The van der Waals surface area contributed by atoms with E-state index in [4.69, 9.17) is 0 Å². The molecule has 2 aromatic carbocycles. The van der Waals surface area contributed by atoms with Crippen molar-refractivity contribution in [2.75, 3.05) is 6.54 Å². The Morgan fingerprint density at radius 2 is 1.59 bits per heavy atom. The van der Waals surface area contributed by atoms with Crippen LogP contribution in [0.25, 0.3) is 11.1 Å². The van der Waals surface area contributed by atoms with E-state index in [0.29, 0.717) is 35.2 Å². The second kappa shape index (κ2) is 10.2. The molecule has 1 aliphatic carbocycles. The van der Waals surface area contributed by atoms with E-state index in [1.54, 1.807) is 24.3 Å². The van der Waals surface area contributed by atoms with Crippen molar-refractivity contribution in [3.8, 4) is 11.1 Å². The molecule has 1 heterocycles. The summed E-state index contributed by atoms with van der Waals surface area (Å²) < 4.78 is 1.47. The largest absolute Gasteiger partial charge is 0.349 e. The maximum atomic E-state index is 12.5. The fourth-order valence-corrected chi connectivity index (χ4v) is 4.22. The van der Waals surface area contributed by atoms with Crippen LogP contribution in [0.1, 0.15) is 51.2 Å². The van der Waals surface area contributed by atoms with E-state index in [0.717, 1.165) is 30.3 Å². The Bertz CT molecular complexity index is 1330. The van der Waals surface area contributed by atoms with Gasteiger partial charge in [0.05, 0.1) is 6.54 Å². The molecule has 1 aliphatic rings. The maximum Gasteiger partial charge on any atom is 0.328 e. The number of aromatic nitrogens is 2. The van der Waals surface area contributed by atoms with Gasteiger partial charge in [0.2, 0.25) is 5.91 Å². The molecule has 0 atom stereocenters. The van der Waals surface area contributed by atoms with Crippen molar-refractivity contribution in [2.45, 2.75) is 38.6 Å². The third-order valence-electron chi connectivity index (χ3n) is 6.10. The first-order chi connectivity index (χ1) is 16.5. The lowest BCUT2D eigenvalue weighted by atomic mass is 9.97. The normalized spacial score (nSPS) is 12.6. The number of hydrogen-bond acceptors (Lipinski definition) is 5. The van der Waals surface area contributed by atoms with Gasteiger partial charge in [0.15, 0.2) is 5.78 Å². The van der Waals surface area contributed by atoms with Crippen molar-refractivity contribution in [1.82, 2.24) is 14.9 Å². The number of H-pyrrole nitrogens is 1. The van der Waals surface area contributed by atoms with Crippen LogP contribution in [0, 0.1) is 0 Å². The third kappa shape index (κ3) is 5.11. The highest BCUT2D eigenvalue weighted by Crippen LogP contribution is 2.20. The van der Waals surface area contributed by atoms with E-state index in [-0.39, 0.29) is 36.8 Å². The van der Waals surface area contributed by atoms with E-state index < -0.39 is 5.69 Å². The van der Waals surface area contributed by atoms with Gasteiger partial charge in [-0.15, -0.1) is 0 Å². The second-order valence-corrected chi connectivity index (χ2v) is 8.31. The van der Waals surface area contributed by atoms with E-state index in [1.165, 1.54) is 4.57 Å². The average molecular weight is 460 g/mol. The van der Waals surface area contributed by atoms with Crippen molar-refractivity contribution < 1.29 is 14.4 Å². The third-order valence-corrected chi connectivity index (χ3v) is 6.10. The zero-order chi connectivity index (χ0) is 24.1. The second-order valence-electron chi connectivity index (χ2n) is 8.31. The first kappa shape index (κ1) is 23.1.